The molecular weight excluding hydrogens is 202 g/mol. The van der Waals surface area contributed by atoms with Crippen LogP contribution in [0.1, 0.15) is 5.56 Å². The van der Waals surface area contributed by atoms with E-state index in [2.05, 4.69) is 12.6 Å². The van der Waals surface area contributed by atoms with E-state index in [4.69, 9.17) is 16.9 Å². The lowest BCUT2D eigenvalue weighted by molar-refractivity contribution is 1.41. The zero-order valence-electron chi connectivity index (χ0n) is 6.96. The molecule has 0 saturated carbocycles. The van der Waals surface area contributed by atoms with Gasteiger partial charge in [-0.15, -0.1) is 11.8 Å². The van der Waals surface area contributed by atoms with Crippen molar-refractivity contribution in [2.45, 2.75) is 4.90 Å². The molecule has 0 radical (unpaired) electrons. The van der Waals surface area contributed by atoms with Crippen LogP contribution in [0.15, 0.2) is 40.8 Å². The van der Waals surface area contributed by atoms with Gasteiger partial charge in [-0.05, 0) is 24.3 Å². The van der Waals surface area contributed by atoms with E-state index in [0.29, 0.717) is 16.3 Å². The fourth-order valence-electron chi connectivity index (χ4n) is 0.787. The SMILES string of the molecule is C=C(Cl)CSc1ccc(C#N)cc1. The largest absolute Gasteiger partial charge is 0.192 e. The van der Waals surface area contributed by atoms with E-state index in [0.717, 1.165) is 4.90 Å². The molecule has 66 valence electrons. The van der Waals surface area contributed by atoms with Gasteiger partial charge in [0.25, 0.3) is 0 Å². The van der Waals surface area contributed by atoms with Crippen LogP contribution in [0.5, 0.6) is 0 Å². The van der Waals surface area contributed by atoms with Gasteiger partial charge in [0, 0.05) is 15.7 Å². The highest BCUT2D eigenvalue weighted by molar-refractivity contribution is 7.99. The highest BCUT2D eigenvalue weighted by Crippen LogP contribution is 2.21. The van der Waals surface area contributed by atoms with Crippen LogP contribution in [0.2, 0.25) is 0 Å². The summed E-state index contributed by atoms with van der Waals surface area (Å²) in [4.78, 5) is 1.10. The molecule has 13 heavy (non-hydrogen) atoms. The number of halogens is 1. The Morgan fingerprint density at radius 3 is 2.54 bits per heavy atom. The molecule has 0 atom stereocenters. The van der Waals surface area contributed by atoms with Crippen molar-refractivity contribution in [1.29, 1.82) is 5.26 Å². The van der Waals surface area contributed by atoms with Crippen LogP contribution < -0.4 is 0 Å². The molecule has 0 bridgehead atoms. The molecule has 1 nitrogen and oxygen atoms in total. The first kappa shape index (κ1) is 10.2. The van der Waals surface area contributed by atoms with E-state index in [1.165, 1.54) is 0 Å². The van der Waals surface area contributed by atoms with Gasteiger partial charge in [-0.1, -0.05) is 18.2 Å². The van der Waals surface area contributed by atoms with Crippen molar-refractivity contribution >= 4 is 23.4 Å². The molecular formula is C10H8ClNS. The lowest BCUT2D eigenvalue weighted by Crippen LogP contribution is -1.78. The lowest BCUT2D eigenvalue weighted by atomic mass is 10.2. The third-order valence-corrected chi connectivity index (χ3v) is 2.77. The van der Waals surface area contributed by atoms with Crippen LogP contribution in [0.3, 0.4) is 0 Å². The second-order valence-electron chi connectivity index (χ2n) is 2.44. The third kappa shape index (κ3) is 3.54. The molecule has 0 aliphatic carbocycles. The molecule has 0 heterocycles. The Bertz CT molecular complexity index is 337. The molecule has 0 aromatic heterocycles. The average Bonchev–Trinajstić information content (AvgIpc) is 2.15. The number of hydrogen-bond acceptors (Lipinski definition) is 2. The Kier molecular flexibility index (Phi) is 3.88. The number of thioether (sulfide) groups is 1. The summed E-state index contributed by atoms with van der Waals surface area (Å²) in [5.74, 6) is 0.702. The summed E-state index contributed by atoms with van der Waals surface area (Å²) < 4.78 is 0. The molecule has 1 aromatic rings. The molecule has 3 heteroatoms. The van der Waals surface area contributed by atoms with Gasteiger partial charge in [0.15, 0.2) is 0 Å². The standard InChI is InChI=1S/C10H8ClNS/c1-8(11)7-13-10-4-2-9(6-12)3-5-10/h2-5H,1,7H2. The van der Waals surface area contributed by atoms with Gasteiger partial charge in [0.05, 0.1) is 11.6 Å². The van der Waals surface area contributed by atoms with Gasteiger partial charge < -0.3 is 0 Å². The number of benzene rings is 1. The van der Waals surface area contributed by atoms with E-state index in [9.17, 15) is 0 Å². The lowest BCUT2D eigenvalue weighted by Gasteiger charge is -1.98. The zero-order chi connectivity index (χ0) is 9.68. The fourth-order valence-corrected chi connectivity index (χ4v) is 1.60. The molecule has 0 aliphatic rings. The maximum Gasteiger partial charge on any atom is 0.0991 e. The highest BCUT2D eigenvalue weighted by atomic mass is 35.5. The minimum atomic E-state index is 0.634. The van der Waals surface area contributed by atoms with E-state index in [1.807, 2.05) is 12.1 Å². The van der Waals surface area contributed by atoms with Crippen molar-refractivity contribution in [3.63, 3.8) is 0 Å². The monoisotopic (exact) mass is 209 g/mol. The van der Waals surface area contributed by atoms with Gasteiger partial charge in [-0.25, -0.2) is 0 Å². The van der Waals surface area contributed by atoms with Crippen molar-refractivity contribution in [2.24, 2.45) is 0 Å². The van der Waals surface area contributed by atoms with Gasteiger partial charge in [0.1, 0.15) is 0 Å². The van der Waals surface area contributed by atoms with Crippen LogP contribution in [-0.4, -0.2) is 5.75 Å². The van der Waals surface area contributed by atoms with Crippen molar-refractivity contribution in [3.8, 4) is 6.07 Å². The second kappa shape index (κ2) is 4.96. The molecule has 0 unspecified atom stereocenters. The molecule has 0 amide bonds. The first-order valence-corrected chi connectivity index (χ1v) is 5.05. The van der Waals surface area contributed by atoms with Gasteiger partial charge >= 0.3 is 0 Å². The summed E-state index contributed by atoms with van der Waals surface area (Å²) in [6.45, 7) is 3.60. The molecule has 1 aromatic carbocycles. The summed E-state index contributed by atoms with van der Waals surface area (Å²) in [7, 11) is 0. The van der Waals surface area contributed by atoms with Crippen LogP contribution in [-0.2, 0) is 0 Å². The van der Waals surface area contributed by atoms with Crippen LogP contribution in [0.25, 0.3) is 0 Å². The Morgan fingerprint density at radius 1 is 1.46 bits per heavy atom. The van der Waals surface area contributed by atoms with Crippen molar-refractivity contribution in [2.75, 3.05) is 5.75 Å². The summed E-state index contributed by atoms with van der Waals surface area (Å²) in [5, 5.41) is 9.19. The molecule has 1 rings (SSSR count). The maximum atomic E-state index is 8.55. The quantitative estimate of drug-likeness (QED) is 0.713. The van der Waals surface area contributed by atoms with Crippen LogP contribution in [0, 0.1) is 11.3 Å². The Balaban J connectivity index is 2.60. The summed E-state index contributed by atoms with van der Waals surface area (Å²) >= 11 is 7.23. The number of nitriles is 1. The van der Waals surface area contributed by atoms with Gasteiger partial charge in [-0.2, -0.15) is 5.26 Å². The topological polar surface area (TPSA) is 23.8 Å². The zero-order valence-corrected chi connectivity index (χ0v) is 8.53. The smallest absolute Gasteiger partial charge is 0.0991 e. The summed E-state index contributed by atoms with van der Waals surface area (Å²) in [6.07, 6.45) is 0. The van der Waals surface area contributed by atoms with Crippen LogP contribution >= 0.6 is 23.4 Å². The van der Waals surface area contributed by atoms with E-state index >= 15 is 0 Å². The van der Waals surface area contributed by atoms with E-state index in [-0.39, 0.29) is 0 Å². The van der Waals surface area contributed by atoms with Crippen molar-refractivity contribution in [1.82, 2.24) is 0 Å². The Hall–Kier alpha value is -0.910. The van der Waals surface area contributed by atoms with Gasteiger partial charge in [-0.3, -0.25) is 0 Å². The van der Waals surface area contributed by atoms with E-state index in [1.54, 1.807) is 23.9 Å². The Labute approximate surface area is 87.0 Å². The predicted octanol–water partition coefficient (Wildman–Crippen LogP) is 3.40. The maximum absolute atomic E-state index is 8.55. The van der Waals surface area contributed by atoms with Crippen molar-refractivity contribution in [3.05, 3.63) is 41.4 Å². The Morgan fingerprint density at radius 2 is 2.08 bits per heavy atom. The van der Waals surface area contributed by atoms with Crippen LogP contribution in [0.4, 0.5) is 0 Å². The summed E-state index contributed by atoms with van der Waals surface area (Å²) in [5.41, 5.74) is 0.675. The number of nitrogens with zero attached hydrogens (tertiary/aromatic N) is 1. The molecule has 0 saturated heterocycles. The van der Waals surface area contributed by atoms with Crippen molar-refractivity contribution < 1.29 is 0 Å². The normalized spacial score (nSPS) is 9.23. The van der Waals surface area contributed by atoms with E-state index < -0.39 is 0 Å². The summed E-state index contributed by atoms with van der Waals surface area (Å²) in [6, 6.07) is 9.46. The first-order chi connectivity index (χ1) is 6.22. The van der Waals surface area contributed by atoms with Gasteiger partial charge in [0.2, 0.25) is 0 Å². The molecule has 0 N–H and O–H groups in total. The fraction of sp³-hybridized carbons (Fsp3) is 0.100. The molecule has 0 aliphatic heterocycles. The number of rotatable bonds is 3. The second-order valence-corrected chi connectivity index (χ2v) is 4.03. The molecule has 0 spiro atoms. The molecule has 0 fully saturated rings. The first-order valence-electron chi connectivity index (χ1n) is 3.68. The minimum Gasteiger partial charge on any atom is -0.192 e. The number of hydrogen-bond donors (Lipinski definition) is 0. The average molecular weight is 210 g/mol. The third-order valence-electron chi connectivity index (χ3n) is 1.38. The predicted molar refractivity (Wildman–Crippen MR) is 56.9 cm³/mol. The highest BCUT2D eigenvalue weighted by Gasteiger charge is 1.95. The minimum absolute atomic E-state index is 0.634.